The second-order valence-corrected chi connectivity index (χ2v) is 4.67. The molecule has 0 saturated carbocycles. The van der Waals surface area contributed by atoms with E-state index in [1.807, 2.05) is 0 Å². The number of rotatable bonds is 6. The summed E-state index contributed by atoms with van der Waals surface area (Å²) in [6.45, 7) is 1.15. The van der Waals surface area contributed by atoms with Crippen molar-refractivity contribution in [3.63, 3.8) is 0 Å². The summed E-state index contributed by atoms with van der Waals surface area (Å²) in [5.74, 6) is 0.904. The van der Waals surface area contributed by atoms with Crippen molar-refractivity contribution in [3.05, 3.63) is 16.5 Å². The highest BCUT2D eigenvalue weighted by Crippen LogP contribution is 2.27. The Morgan fingerprint density at radius 1 is 1.18 bits per heavy atom. The van der Waals surface area contributed by atoms with Crippen LogP contribution in [0.4, 0.5) is 5.82 Å². The first kappa shape index (κ1) is 12.6. The van der Waals surface area contributed by atoms with Gasteiger partial charge in [-0.05, 0) is 50.1 Å². The van der Waals surface area contributed by atoms with Crippen molar-refractivity contribution in [1.82, 2.24) is 9.97 Å². The minimum Gasteiger partial charge on any atom is -0.396 e. The maximum atomic E-state index is 8.69. The Hall–Kier alpha value is -0.870. The molecule has 1 aromatic heterocycles. The lowest BCUT2D eigenvalue weighted by molar-refractivity contribution is 0.283. The van der Waals surface area contributed by atoms with Gasteiger partial charge in [0.25, 0.3) is 0 Å². The van der Waals surface area contributed by atoms with E-state index in [-0.39, 0.29) is 6.61 Å². The highest BCUT2D eigenvalue weighted by molar-refractivity contribution is 6.28. The number of fused-ring (bicyclic) bond motifs is 1. The summed E-state index contributed by atoms with van der Waals surface area (Å²) in [5.41, 5.74) is 2.33. The average Bonchev–Trinajstić information content (AvgIpc) is 2.76. The molecule has 0 unspecified atom stereocenters. The SMILES string of the molecule is OCCCCCNc1nc(Cl)nc2c1CCC2. The third kappa shape index (κ3) is 3.30. The number of nitrogens with zero attached hydrogens (tertiary/aromatic N) is 2. The Kier molecular flexibility index (Phi) is 4.57. The van der Waals surface area contributed by atoms with E-state index in [9.17, 15) is 0 Å². The molecular formula is C12H18ClN3O. The number of anilines is 1. The second-order valence-electron chi connectivity index (χ2n) is 4.33. The Balaban J connectivity index is 1.92. The summed E-state index contributed by atoms with van der Waals surface area (Å²) in [4.78, 5) is 8.51. The largest absolute Gasteiger partial charge is 0.396 e. The first-order valence-electron chi connectivity index (χ1n) is 6.21. The van der Waals surface area contributed by atoms with Crippen molar-refractivity contribution in [1.29, 1.82) is 0 Å². The first-order chi connectivity index (χ1) is 8.31. The number of halogens is 1. The molecule has 0 spiro atoms. The lowest BCUT2D eigenvalue weighted by Crippen LogP contribution is -2.08. The van der Waals surface area contributed by atoms with Crippen LogP contribution < -0.4 is 5.32 Å². The van der Waals surface area contributed by atoms with Crippen LogP contribution in [0.1, 0.15) is 36.9 Å². The minimum absolute atomic E-state index is 0.273. The van der Waals surface area contributed by atoms with Gasteiger partial charge < -0.3 is 10.4 Å². The monoisotopic (exact) mass is 255 g/mol. The number of aryl methyl sites for hydroxylation is 1. The summed E-state index contributed by atoms with van der Waals surface area (Å²) < 4.78 is 0. The smallest absolute Gasteiger partial charge is 0.224 e. The molecule has 2 rings (SSSR count). The molecule has 1 aromatic rings. The Morgan fingerprint density at radius 3 is 2.88 bits per heavy atom. The molecule has 2 N–H and O–H groups in total. The van der Waals surface area contributed by atoms with E-state index in [4.69, 9.17) is 16.7 Å². The molecule has 0 aliphatic heterocycles. The maximum absolute atomic E-state index is 8.69. The number of unbranched alkanes of at least 4 members (excludes halogenated alkanes) is 2. The van der Waals surface area contributed by atoms with Gasteiger partial charge in [-0.25, -0.2) is 9.97 Å². The minimum atomic E-state index is 0.273. The van der Waals surface area contributed by atoms with Gasteiger partial charge in [-0.2, -0.15) is 0 Å². The third-order valence-electron chi connectivity index (χ3n) is 3.03. The summed E-state index contributed by atoms with van der Waals surface area (Å²) in [7, 11) is 0. The topological polar surface area (TPSA) is 58.0 Å². The third-order valence-corrected chi connectivity index (χ3v) is 3.20. The van der Waals surface area contributed by atoms with Crippen LogP contribution >= 0.6 is 11.6 Å². The van der Waals surface area contributed by atoms with Gasteiger partial charge >= 0.3 is 0 Å². The second kappa shape index (κ2) is 6.17. The normalized spacial score (nSPS) is 13.8. The van der Waals surface area contributed by atoms with E-state index in [1.165, 1.54) is 5.56 Å². The number of nitrogens with one attached hydrogen (secondary N) is 1. The molecular weight excluding hydrogens is 238 g/mol. The van der Waals surface area contributed by atoms with Gasteiger partial charge in [-0.1, -0.05) is 0 Å². The average molecular weight is 256 g/mol. The molecule has 94 valence electrons. The Bertz CT molecular complexity index is 384. The van der Waals surface area contributed by atoms with Crippen molar-refractivity contribution >= 4 is 17.4 Å². The van der Waals surface area contributed by atoms with Crippen molar-refractivity contribution in [2.75, 3.05) is 18.5 Å². The molecule has 0 saturated heterocycles. The van der Waals surface area contributed by atoms with E-state index in [0.717, 1.165) is 56.6 Å². The molecule has 0 bridgehead atoms. The van der Waals surface area contributed by atoms with E-state index in [1.54, 1.807) is 0 Å². The Morgan fingerprint density at radius 2 is 2.06 bits per heavy atom. The van der Waals surface area contributed by atoms with Crippen LogP contribution in [0.2, 0.25) is 5.28 Å². The molecule has 0 amide bonds. The molecule has 17 heavy (non-hydrogen) atoms. The molecule has 0 aromatic carbocycles. The predicted molar refractivity (Wildman–Crippen MR) is 68.5 cm³/mol. The van der Waals surface area contributed by atoms with E-state index in [0.29, 0.717) is 5.28 Å². The van der Waals surface area contributed by atoms with Crippen LogP contribution in [0, 0.1) is 0 Å². The maximum Gasteiger partial charge on any atom is 0.224 e. The van der Waals surface area contributed by atoms with Crippen molar-refractivity contribution < 1.29 is 5.11 Å². The highest BCUT2D eigenvalue weighted by atomic mass is 35.5. The zero-order chi connectivity index (χ0) is 12.1. The quantitative estimate of drug-likeness (QED) is 0.604. The lowest BCUT2D eigenvalue weighted by atomic mass is 10.2. The van der Waals surface area contributed by atoms with Crippen LogP contribution in [0.15, 0.2) is 0 Å². The summed E-state index contributed by atoms with van der Waals surface area (Å²) in [6.07, 6.45) is 6.14. The van der Waals surface area contributed by atoms with Gasteiger partial charge in [0.1, 0.15) is 5.82 Å². The zero-order valence-corrected chi connectivity index (χ0v) is 10.6. The van der Waals surface area contributed by atoms with Crippen molar-refractivity contribution in [2.45, 2.75) is 38.5 Å². The summed E-state index contributed by atoms with van der Waals surface area (Å²) in [5, 5.41) is 12.4. The van der Waals surface area contributed by atoms with Crippen molar-refractivity contribution in [3.8, 4) is 0 Å². The fourth-order valence-electron chi connectivity index (χ4n) is 2.17. The summed E-state index contributed by atoms with van der Waals surface area (Å²) >= 11 is 5.90. The van der Waals surface area contributed by atoms with Crippen LogP contribution in [0.5, 0.6) is 0 Å². The molecule has 4 nitrogen and oxygen atoms in total. The zero-order valence-electron chi connectivity index (χ0n) is 9.88. The standard InChI is InChI=1S/C12H18ClN3O/c13-12-15-10-6-4-5-9(10)11(16-12)14-7-2-1-3-8-17/h17H,1-8H2,(H,14,15,16). The molecule has 1 aliphatic rings. The van der Waals surface area contributed by atoms with E-state index < -0.39 is 0 Å². The Labute approximate surface area is 106 Å². The van der Waals surface area contributed by atoms with Crippen LogP contribution in [0.25, 0.3) is 0 Å². The molecule has 5 heteroatoms. The number of aromatic nitrogens is 2. The van der Waals surface area contributed by atoms with Gasteiger partial charge in [0, 0.05) is 18.7 Å². The van der Waals surface area contributed by atoms with Gasteiger partial charge in [-0.15, -0.1) is 0 Å². The number of aliphatic hydroxyl groups excluding tert-OH is 1. The van der Waals surface area contributed by atoms with Gasteiger partial charge in [-0.3, -0.25) is 0 Å². The fraction of sp³-hybridized carbons (Fsp3) is 0.667. The molecule has 1 aliphatic carbocycles. The summed E-state index contributed by atoms with van der Waals surface area (Å²) in [6, 6.07) is 0. The van der Waals surface area contributed by atoms with E-state index in [2.05, 4.69) is 15.3 Å². The van der Waals surface area contributed by atoms with Gasteiger partial charge in [0.15, 0.2) is 0 Å². The first-order valence-corrected chi connectivity index (χ1v) is 6.59. The molecule has 1 heterocycles. The molecule has 0 radical (unpaired) electrons. The number of hydrogen-bond acceptors (Lipinski definition) is 4. The molecule has 0 fully saturated rings. The van der Waals surface area contributed by atoms with Crippen LogP contribution in [-0.4, -0.2) is 28.2 Å². The number of aliphatic hydroxyl groups is 1. The van der Waals surface area contributed by atoms with E-state index >= 15 is 0 Å². The van der Waals surface area contributed by atoms with Crippen molar-refractivity contribution in [2.24, 2.45) is 0 Å². The highest BCUT2D eigenvalue weighted by Gasteiger charge is 2.18. The fourth-order valence-corrected chi connectivity index (χ4v) is 2.36. The molecule has 0 atom stereocenters. The van der Waals surface area contributed by atoms with Crippen LogP contribution in [-0.2, 0) is 12.8 Å². The number of hydrogen-bond donors (Lipinski definition) is 2. The lowest BCUT2D eigenvalue weighted by Gasteiger charge is -2.10. The predicted octanol–water partition coefficient (Wildman–Crippen LogP) is 2.19. The van der Waals surface area contributed by atoms with Gasteiger partial charge in [0.2, 0.25) is 5.28 Å². The van der Waals surface area contributed by atoms with Gasteiger partial charge in [0.05, 0.1) is 5.69 Å². The van der Waals surface area contributed by atoms with Crippen LogP contribution in [0.3, 0.4) is 0 Å².